The Labute approximate surface area is 129 Å². The lowest BCUT2D eigenvalue weighted by molar-refractivity contribution is -0.140. The molecule has 0 bridgehead atoms. The molecule has 1 aromatic carbocycles. The molecule has 2 rings (SSSR count). The predicted octanol–water partition coefficient (Wildman–Crippen LogP) is 2.39. The van der Waals surface area contributed by atoms with Gasteiger partial charge in [-0.2, -0.15) is 0 Å². The van der Waals surface area contributed by atoms with Crippen LogP contribution in [0.2, 0.25) is 0 Å². The fourth-order valence-electron chi connectivity index (χ4n) is 2.44. The third-order valence-corrected chi connectivity index (χ3v) is 3.53. The number of rotatable bonds is 5. The second kappa shape index (κ2) is 6.93. The highest BCUT2D eigenvalue weighted by Crippen LogP contribution is 2.20. The van der Waals surface area contributed by atoms with Crippen LogP contribution >= 0.6 is 0 Å². The molecule has 0 fully saturated rings. The number of para-hydroxylation sites is 1. The Kier molecular flexibility index (Phi) is 4.99. The highest BCUT2D eigenvalue weighted by Gasteiger charge is 2.16. The minimum atomic E-state index is -0.338. The maximum Gasteiger partial charge on any atom is 0.307 e. The van der Waals surface area contributed by atoms with Gasteiger partial charge in [0, 0.05) is 23.6 Å². The van der Waals surface area contributed by atoms with Crippen molar-refractivity contribution in [2.75, 3.05) is 13.7 Å². The van der Waals surface area contributed by atoms with E-state index in [4.69, 9.17) is 0 Å². The smallest absolute Gasteiger partial charge is 0.307 e. The van der Waals surface area contributed by atoms with Gasteiger partial charge in [0.15, 0.2) is 0 Å². The van der Waals surface area contributed by atoms with Crippen molar-refractivity contribution in [1.29, 1.82) is 0 Å². The normalized spacial score (nSPS) is 10.3. The maximum absolute atomic E-state index is 12.3. The molecule has 0 spiro atoms. The second-order valence-corrected chi connectivity index (χ2v) is 5.04. The molecule has 1 aromatic heterocycles. The van der Waals surface area contributed by atoms with Crippen molar-refractivity contribution in [2.24, 2.45) is 0 Å². The Morgan fingerprint density at radius 1 is 1.18 bits per heavy atom. The molecule has 22 heavy (non-hydrogen) atoms. The Morgan fingerprint density at radius 2 is 1.86 bits per heavy atom. The number of aryl methyl sites for hydroxylation is 1. The van der Waals surface area contributed by atoms with Crippen molar-refractivity contribution >= 4 is 11.9 Å². The molecule has 116 valence electrons. The highest BCUT2D eigenvalue weighted by atomic mass is 16.5. The van der Waals surface area contributed by atoms with Crippen LogP contribution in [0.15, 0.2) is 36.4 Å². The molecular formula is C17H20N2O3. The number of methoxy groups -OCH3 is 1. The number of ether oxygens (including phenoxy) is 1. The SMILES string of the molecule is COC(=O)CCNC(=O)c1cc(C)n(-c2ccccc2)c1C. The number of carbonyl (C=O) groups excluding carboxylic acids is 2. The Hall–Kier alpha value is -2.56. The molecule has 1 N–H and O–H groups in total. The summed E-state index contributed by atoms with van der Waals surface area (Å²) in [4.78, 5) is 23.3. The van der Waals surface area contributed by atoms with Crippen molar-refractivity contribution in [3.8, 4) is 5.69 Å². The van der Waals surface area contributed by atoms with Crippen LogP contribution in [0.4, 0.5) is 0 Å². The number of esters is 1. The number of amides is 1. The molecule has 1 amide bonds. The first-order chi connectivity index (χ1) is 10.5. The molecule has 0 aliphatic rings. The summed E-state index contributed by atoms with van der Waals surface area (Å²) in [5.74, 6) is -0.519. The zero-order valence-corrected chi connectivity index (χ0v) is 13.1. The summed E-state index contributed by atoms with van der Waals surface area (Å²) in [6, 6.07) is 11.7. The molecule has 2 aromatic rings. The summed E-state index contributed by atoms with van der Waals surface area (Å²) < 4.78 is 6.59. The van der Waals surface area contributed by atoms with Crippen LogP contribution in [0.3, 0.4) is 0 Å². The summed E-state index contributed by atoms with van der Waals surface area (Å²) in [6.45, 7) is 4.14. The summed E-state index contributed by atoms with van der Waals surface area (Å²) >= 11 is 0. The van der Waals surface area contributed by atoms with E-state index in [0.29, 0.717) is 5.56 Å². The summed E-state index contributed by atoms with van der Waals surface area (Å²) in [6.07, 6.45) is 0.166. The van der Waals surface area contributed by atoms with E-state index in [0.717, 1.165) is 17.1 Å². The first-order valence-electron chi connectivity index (χ1n) is 7.14. The van der Waals surface area contributed by atoms with E-state index in [1.807, 2.05) is 54.8 Å². The lowest BCUT2D eigenvalue weighted by Crippen LogP contribution is -2.26. The fraction of sp³-hybridized carbons (Fsp3) is 0.294. The van der Waals surface area contributed by atoms with Gasteiger partial charge in [0.2, 0.25) is 0 Å². The molecule has 0 saturated carbocycles. The predicted molar refractivity (Wildman–Crippen MR) is 84.2 cm³/mol. The average molecular weight is 300 g/mol. The zero-order chi connectivity index (χ0) is 16.1. The summed E-state index contributed by atoms with van der Waals surface area (Å²) in [5, 5.41) is 2.74. The van der Waals surface area contributed by atoms with E-state index in [2.05, 4.69) is 10.1 Å². The van der Waals surface area contributed by atoms with Gasteiger partial charge in [0.05, 0.1) is 19.1 Å². The largest absolute Gasteiger partial charge is 0.469 e. The van der Waals surface area contributed by atoms with E-state index in [9.17, 15) is 9.59 Å². The molecule has 1 heterocycles. The molecule has 0 aliphatic heterocycles. The van der Waals surface area contributed by atoms with Crippen LogP contribution in [-0.2, 0) is 9.53 Å². The van der Waals surface area contributed by atoms with Crippen LogP contribution in [0.1, 0.15) is 28.2 Å². The van der Waals surface area contributed by atoms with Crippen molar-refractivity contribution in [3.05, 3.63) is 53.3 Å². The van der Waals surface area contributed by atoms with Crippen LogP contribution in [0.25, 0.3) is 5.69 Å². The topological polar surface area (TPSA) is 60.3 Å². The molecule has 0 atom stereocenters. The van der Waals surface area contributed by atoms with Crippen molar-refractivity contribution in [3.63, 3.8) is 0 Å². The summed E-state index contributed by atoms with van der Waals surface area (Å²) in [7, 11) is 1.33. The van der Waals surface area contributed by atoms with Gasteiger partial charge >= 0.3 is 5.97 Å². The quantitative estimate of drug-likeness (QED) is 0.863. The Bertz CT molecular complexity index is 675. The van der Waals surface area contributed by atoms with E-state index in [-0.39, 0.29) is 24.8 Å². The third kappa shape index (κ3) is 3.36. The first kappa shape index (κ1) is 15.8. The van der Waals surface area contributed by atoms with Gasteiger partial charge in [0.1, 0.15) is 0 Å². The van der Waals surface area contributed by atoms with Crippen molar-refractivity contribution in [1.82, 2.24) is 9.88 Å². The number of hydrogen-bond donors (Lipinski definition) is 1. The molecule has 5 heteroatoms. The number of nitrogens with one attached hydrogen (secondary N) is 1. The molecule has 0 radical (unpaired) electrons. The van der Waals surface area contributed by atoms with Gasteiger partial charge in [-0.25, -0.2) is 0 Å². The third-order valence-electron chi connectivity index (χ3n) is 3.53. The van der Waals surface area contributed by atoms with Crippen LogP contribution in [-0.4, -0.2) is 30.1 Å². The average Bonchev–Trinajstić information content (AvgIpc) is 2.82. The lowest BCUT2D eigenvalue weighted by atomic mass is 10.2. The number of aromatic nitrogens is 1. The second-order valence-electron chi connectivity index (χ2n) is 5.04. The lowest BCUT2D eigenvalue weighted by Gasteiger charge is -2.09. The van der Waals surface area contributed by atoms with E-state index in [1.165, 1.54) is 7.11 Å². The molecule has 0 unspecified atom stereocenters. The van der Waals surface area contributed by atoms with Gasteiger partial charge < -0.3 is 14.6 Å². The van der Waals surface area contributed by atoms with Gasteiger partial charge in [-0.05, 0) is 32.0 Å². The minimum absolute atomic E-state index is 0.166. The number of benzene rings is 1. The summed E-state index contributed by atoms with van der Waals surface area (Å²) in [5.41, 5.74) is 3.50. The van der Waals surface area contributed by atoms with Crippen LogP contribution < -0.4 is 5.32 Å². The van der Waals surface area contributed by atoms with Crippen LogP contribution in [0, 0.1) is 13.8 Å². The molecular weight excluding hydrogens is 280 g/mol. The zero-order valence-electron chi connectivity index (χ0n) is 13.1. The number of nitrogens with zero attached hydrogens (tertiary/aromatic N) is 1. The van der Waals surface area contributed by atoms with E-state index < -0.39 is 0 Å². The molecule has 0 aliphatic carbocycles. The van der Waals surface area contributed by atoms with Gasteiger partial charge in [-0.1, -0.05) is 18.2 Å². The maximum atomic E-state index is 12.3. The van der Waals surface area contributed by atoms with E-state index in [1.54, 1.807) is 0 Å². The number of hydrogen-bond acceptors (Lipinski definition) is 3. The number of carbonyl (C=O) groups is 2. The van der Waals surface area contributed by atoms with Crippen molar-refractivity contribution < 1.29 is 14.3 Å². The Morgan fingerprint density at radius 3 is 2.50 bits per heavy atom. The standard InChI is InChI=1S/C17H20N2O3/c1-12-11-15(17(21)18-10-9-16(20)22-3)13(2)19(12)14-7-5-4-6-8-14/h4-8,11H,9-10H2,1-3H3,(H,18,21). The minimum Gasteiger partial charge on any atom is -0.469 e. The fourth-order valence-corrected chi connectivity index (χ4v) is 2.44. The highest BCUT2D eigenvalue weighted by molar-refractivity contribution is 5.96. The van der Waals surface area contributed by atoms with Crippen LogP contribution in [0.5, 0.6) is 0 Å². The van der Waals surface area contributed by atoms with Crippen molar-refractivity contribution in [2.45, 2.75) is 20.3 Å². The van der Waals surface area contributed by atoms with Gasteiger partial charge in [-0.15, -0.1) is 0 Å². The molecule has 5 nitrogen and oxygen atoms in total. The van der Waals surface area contributed by atoms with E-state index >= 15 is 0 Å². The first-order valence-corrected chi connectivity index (χ1v) is 7.14. The van der Waals surface area contributed by atoms with Gasteiger partial charge in [0.25, 0.3) is 5.91 Å². The Balaban J connectivity index is 2.16. The molecule has 0 saturated heterocycles. The van der Waals surface area contributed by atoms with Gasteiger partial charge in [-0.3, -0.25) is 9.59 Å². The monoisotopic (exact) mass is 300 g/mol.